The van der Waals surface area contributed by atoms with Crippen molar-refractivity contribution in [3.63, 3.8) is 0 Å². The zero-order valence-electron chi connectivity index (χ0n) is 13.2. The average Bonchev–Trinajstić information content (AvgIpc) is 2.87. The van der Waals surface area contributed by atoms with E-state index in [2.05, 4.69) is 15.9 Å². The summed E-state index contributed by atoms with van der Waals surface area (Å²) in [4.78, 5) is 38.5. The van der Waals surface area contributed by atoms with Crippen molar-refractivity contribution in [2.24, 2.45) is 0 Å². The van der Waals surface area contributed by atoms with Gasteiger partial charge in [-0.3, -0.25) is 19.3 Å². The third kappa shape index (κ3) is 3.69. The Morgan fingerprint density at radius 1 is 1.22 bits per heavy atom. The molecular formula is C17H19BrN2O3. The molecule has 1 aromatic rings. The number of halogens is 1. The number of nitrogens with zero attached hydrogens (tertiary/aromatic N) is 2. The first kappa shape index (κ1) is 17.4. The van der Waals surface area contributed by atoms with Gasteiger partial charge in [0.1, 0.15) is 0 Å². The molecule has 0 bridgehead atoms. The molecule has 1 heterocycles. The Morgan fingerprint density at radius 2 is 1.87 bits per heavy atom. The van der Waals surface area contributed by atoms with Crippen LogP contribution >= 0.6 is 15.9 Å². The number of rotatable bonds is 6. The predicted molar refractivity (Wildman–Crippen MR) is 92.6 cm³/mol. The van der Waals surface area contributed by atoms with Crippen LogP contribution in [0.1, 0.15) is 18.1 Å². The van der Waals surface area contributed by atoms with Crippen molar-refractivity contribution in [2.45, 2.75) is 20.3 Å². The van der Waals surface area contributed by atoms with E-state index in [1.165, 1.54) is 12.2 Å². The van der Waals surface area contributed by atoms with E-state index in [-0.39, 0.29) is 36.1 Å². The van der Waals surface area contributed by atoms with Gasteiger partial charge in [-0.2, -0.15) is 0 Å². The van der Waals surface area contributed by atoms with Crippen molar-refractivity contribution < 1.29 is 14.4 Å². The topological polar surface area (TPSA) is 57.7 Å². The summed E-state index contributed by atoms with van der Waals surface area (Å²) in [5.41, 5.74) is 2.93. The first-order chi connectivity index (χ1) is 11.0. The van der Waals surface area contributed by atoms with Gasteiger partial charge in [-0.15, -0.1) is 0 Å². The third-order valence-electron chi connectivity index (χ3n) is 3.84. The van der Waals surface area contributed by atoms with E-state index in [1.54, 1.807) is 4.90 Å². The van der Waals surface area contributed by atoms with Crippen LogP contribution in [0.3, 0.4) is 0 Å². The minimum Gasteiger partial charge on any atom is -0.309 e. The van der Waals surface area contributed by atoms with Crippen LogP contribution in [0.4, 0.5) is 5.69 Å². The summed E-state index contributed by atoms with van der Waals surface area (Å²) in [6.07, 6.45) is 3.31. The molecular weight excluding hydrogens is 360 g/mol. The van der Waals surface area contributed by atoms with E-state index < -0.39 is 0 Å². The monoisotopic (exact) mass is 378 g/mol. The molecule has 2 rings (SSSR count). The summed E-state index contributed by atoms with van der Waals surface area (Å²) in [5.74, 6) is -0.760. The lowest BCUT2D eigenvalue weighted by Gasteiger charge is -2.28. The molecule has 0 aromatic heterocycles. The third-order valence-corrected chi connectivity index (χ3v) is 4.31. The summed E-state index contributed by atoms with van der Waals surface area (Å²) < 4.78 is 0. The fourth-order valence-electron chi connectivity index (χ4n) is 2.68. The van der Waals surface area contributed by atoms with Crippen LogP contribution in [-0.2, 0) is 20.8 Å². The summed E-state index contributed by atoms with van der Waals surface area (Å²) >= 11 is 3.21. The lowest BCUT2D eigenvalue weighted by atomic mass is 10.0. The molecule has 1 aromatic carbocycles. The number of anilines is 1. The zero-order chi connectivity index (χ0) is 17.0. The summed E-state index contributed by atoms with van der Waals surface area (Å²) in [7, 11) is 0. The van der Waals surface area contributed by atoms with Crippen LogP contribution in [0.25, 0.3) is 0 Å². The Kier molecular flexibility index (Phi) is 5.71. The van der Waals surface area contributed by atoms with Gasteiger partial charge in [0.2, 0.25) is 5.91 Å². The molecule has 6 heteroatoms. The highest BCUT2D eigenvalue weighted by molar-refractivity contribution is 9.09. The van der Waals surface area contributed by atoms with E-state index in [0.717, 1.165) is 28.1 Å². The van der Waals surface area contributed by atoms with Gasteiger partial charge in [0, 0.05) is 30.9 Å². The molecule has 0 fully saturated rings. The van der Waals surface area contributed by atoms with Crippen molar-refractivity contribution in [3.8, 4) is 0 Å². The molecule has 23 heavy (non-hydrogen) atoms. The second-order valence-corrected chi connectivity index (χ2v) is 5.84. The van der Waals surface area contributed by atoms with E-state index in [0.29, 0.717) is 0 Å². The highest BCUT2D eigenvalue weighted by atomic mass is 79.9. The lowest BCUT2D eigenvalue weighted by Crippen LogP contribution is -2.42. The SMILES string of the molecule is CCc1cccc(C)c1N(CCN1C(=O)C=CC1=O)C(=O)CBr. The number of carbonyl (C=O) groups excluding carboxylic acids is 3. The molecule has 0 saturated carbocycles. The maximum absolute atomic E-state index is 12.4. The minimum absolute atomic E-state index is 0.0962. The largest absolute Gasteiger partial charge is 0.309 e. The van der Waals surface area contributed by atoms with E-state index in [9.17, 15) is 14.4 Å². The Morgan fingerprint density at radius 3 is 2.43 bits per heavy atom. The molecule has 1 aliphatic heterocycles. The van der Waals surface area contributed by atoms with Gasteiger partial charge in [-0.05, 0) is 24.5 Å². The molecule has 0 saturated heterocycles. The molecule has 122 valence electrons. The first-order valence-electron chi connectivity index (χ1n) is 7.48. The second-order valence-electron chi connectivity index (χ2n) is 5.28. The second kappa shape index (κ2) is 7.55. The molecule has 1 aliphatic rings. The zero-order valence-corrected chi connectivity index (χ0v) is 14.8. The quantitative estimate of drug-likeness (QED) is 0.563. The Hall–Kier alpha value is -1.95. The summed E-state index contributed by atoms with van der Waals surface area (Å²) in [6, 6.07) is 5.91. The van der Waals surface area contributed by atoms with Gasteiger partial charge < -0.3 is 4.90 Å². The van der Waals surface area contributed by atoms with Crippen molar-refractivity contribution in [1.82, 2.24) is 4.90 Å². The fraction of sp³-hybridized carbons (Fsp3) is 0.353. The summed E-state index contributed by atoms with van der Waals surface area (Å²) in [5, 5.41) is 0.185. The van der Waals surface area contributed by atoms with Gasteiger partial charge in [-0.1, -0.05) is 41.1 Å². The van der Waals surface area contributed by atoms with Gasteiger partial charge in [0.05, 0.1) is 5.33 Å². The number of benzene rings is 1. The molecule has 0 N–H and O–H groups in total. The van der Waals surface area contributed by atoms with E-state index in [4.69, 9.17) is 0 Å². The summed E-state index contributed by atoms with van der Waals surface area (Å²) in [6.45, 7) is 4.45. The molecule has 5 nitrogen and oxygen atoms in total. The maximum atomic E-state index is 12.4. The van der Waals surface area contributed by atoms with E-state index in [1.807, 2.05) is 32.0 Å². The average molecular weight is 379 g/mol. The molecule has 3 amide bonds. The highest BCUT2D eigenvalue weighted by Gasteiger charge is 2.26. The Bertz CT molecular complexity index is 652. The number of hydrogen-bond donors (Lipinski definition) is 0. The highest BCUT2D eigenvalue weighted by Crippen LogP contribution is 2.26. The molecule has 0 atom stereocenters. The number of carbonyl (C=O) groups is 3. The Labute approximate surface area is 144 Å². The van der Waals surface area contributed by atoms with Gasteiger partial charge in [0.15, 0.2) is 0 Å². The number of alkyl halides is 1. The van der Waals surface area contributed by atoms with Crippen LogP contribution in [0.2, 0.25) is 0 Å². The van der Waals surface area contributed by atoms with Crippen molar-refractivity contribution in [1.29, 1.82) is 0 Å². The fourth-order valence-corrected chi connectivity index (χ4v) is 2.98. The van der Waals surface area contributed by atoms with Crippen LogP contribution in [0.15, 0.2) is 30.4 Å². The smallest absolute Gasteiger partial charge is 0.253 e. The molecule has 0 spiro atoms. The van der Waals surface area contributed by atoms with Crippen molar-refractivity contribution in [2.75, 3.05) is 23.3 Å². The number of para-hydroxylation sites is 1. The predicted octanol–water partition coefficient (Wildman–Crippen LogP) is 2.21. The van der Waals surface area contributed by atoms with Crippen LogP contribution in [0, 0.1) is 6.92 Å². The molecule has 0 unspecified atom stereocenters. The van der Waals surface area contributed by atoms with Crippen LogP contribution < -0.4 is 4.90 Å². The normalized spacial score (nSPS) is 13.8. The number of aryl methyl sites for hydroxylation is 2. The van der Waals surface area contributed by atoms with Crippen LogP contribution in [-0.4, -0.2) is 41.0 Å². The number of hydrogen-bond acceptors (Lipinski definition) is 3. The van der Waals surface area contributed by atoms with Crippen molar-refractivity contribution >= 4 is 39.3 Å². The number of imide groups is 1. The van der Waals surface area contributed by atoms with Gasteiger partial charge in [0.25, 0.3) is 11.8 Å². The van der Waals surface area contributed by atoms with Gasteiger partial charge in [-0.25, -0.2) is 0 Å². The lowest BCUT2D eigenvalue weighted by molar-refractivity contribution is -0.136. The molecule has 0 radical (unpaired) electrons. The standard InChI is InChI=1S/C17H19BrN2O3/c1-3-13-6-4-5-12(2)17(13)20(16(23)11-18)10-9-19-14(21)7-8-15(19)22/h4-8H,3,9-11H2,1-2H3. The molecule has 0 aliphatic carbocycles. The first-order valence-corrected chi connectivity index (χ1v) is 8.60. The van der Waals surface area contributed by atoms with Gasteiger partial charge >= 0.3 is 0 Å². The van der Waals surface area contributed by atoms with Crippen molar-refractivity contribution in [3.05, 3.63) is 41.5 Å². The van der Waals surface area contributed by atoms with E-state index >= 15 is 0 Å². The minimum atomic E-state index is -0.332. The maximum Gasteiger partial charge on any atom is 0.253 e. The number of amides is 3. The Balaban J connectivity index is 2.27. The van der Waals surface area contributed by atoms with Crippen LogP contribution in [0.5, 0.6) is 0 Å².